The number of rotatable bonds is 7. The molecule has 9 nitrogen and oxygen atoms in total. The summed E-state index contributed by atoms with van der Waals surface area (Å²) in [5.41, 5.74) is 3.54. The normalized spacial score (nSPS) is 19.8. The third-order valence-corrected chi connectivity index (χ3v) is 7.00. The van der Waals surface area contributed by atoms with Gasteiger partial charge in [-0.25, -0.2) is 9.97 Å². The largest absolute Gasteiger partial charge is 0.349 e. The molecule has 3 unspecified atom stereocenters. The summed E-state index contributed by atoms with van der Waals surface area (Å²) in [4.78, 5) is 49.9. The average molecular weight is 475 g/mol. The van der Waals surface area contributed by atoms with E-state index in [0.29, 0.717) is 37.2 Å². The van der Waals surface area contributed by atoms with Crippen molar-refractivity contribution in [3.8, 4) is 0 Å². The van der Waals surface area contributed by atoms with Crippen LogP contribution in [-0.2, 0) is 33.8 Å². The predicted octanol–water partition coefficient (Wildman–Crippen LogP) is 2.17. The maximum absolute atomic E-state index is 13.7. The Hall–Kier alpha value is -3.75. The van der Waals surface area contributed by atoms with E-state index >= 15 is 0 Å². The highest BCUT2D eigenvalue weighted by atomic mass is 16.2. The number of nitrogens with zero attached hydrogens (tertiary/aromatic N) is 4. The number of amides is 3. The molecule has 2 aromatic heterocycles. The predicted molar refractivity (Wildman–Crippen MR) is 131 cm³/mol. The van der Waals surface area contributed by atoms with Gasteiger partial charge >= 0.3 is 0 Å². The highest BCUT2D eigenvalue weighted by molar-refractivity contribution is 6.07. The van der Waals surface area contributed by atoms with Gasteiger partial charge in [-0.2, -0.15) is 0 Å². The van der Waals surface area contributed by atoms with Crippen molar-refractivity contribution in [2.75, 3.05) is 4.90 Å². The van der Waals surface area contributed by atoms with E-state index in [0.717, 1.165) is 23.2 Å². The second-order valence-electron chi connectivity index (χ2n) is 9.51. The monoisotopic (exact) mass is 474 g/mol. The lowest BCUT2D eigenvalue weighted by molar-refractivity contribution is -0.129. The summed E-state index contributed by atoms with van der Waals surface area (Å²) in [7, 11) is 0. The van der Waals surface area contributed by atoms with Crippen LogP contribution in [0.5, 0.6) is 0 Å². The Morgan fingerprint density at radius 3 is 2.86 bits per heavy atom. The summed E-state index contributed by atoms with van der Waals surface area (Å²) in [6, 6.07) is 6.45. The van der Waals surface area contributed by atoms with E-state index in [1.54, 1.807) is 15.5 Å². The molecule has 0 radical (unpaired) electrons. The van der Waals surface area contributed by atoms with Crippen molar-refractivity contribution in [2.24, 2.45) is 5.92 Å². The fraction of sp³-hybridized carbons (Fsp3) is 0.423. The second-order valence-corrected chi connectivity index (χ2v) is 9.51. The first kappa shape index (κ1) is 23.0. The molecule has 3 aromatic rings. The summed E-state index contributed by atoms with van der Waals surface area (Å²) in [6.45, 7) is 4.30. The summed E-state index contributed by atoms with van der Waals surface area (Å²) >= 11 is 0. The molecule has 0 fully saturated rings. The average Bonchev–Trinajstić information content (AvgIpc) is 3.42. The van der Waals surface area contributed by atoms with E-state index in [9.17, 15) is 14.4 Å². The third kappa shape index (κ3) is 4.50. The molecular formula is C26H30N6O3. The number of hydrogen-bond acceptors (Lipinski definition) is 5. The topological polar surface area (TPSA) is 109 Å². The first-order valence-electron chi connectivity index (χ1n) is 12.2. The van der Waals surface area contributed by atoms with Gasteiger partial charge in [0.2, 0.25) is 23.5 Å². The number of nitrogens with one attached hydrogen (secondary N) is 2. The number of aryl methyl sites for hydroxylation is 1. The Morgan fingerprint density at radius 1 is 1.23 bits per heavy atom. The van der Waals surface area contributed by atoms with Crippen LogP contribution in [0.1, 0.15) is 49.9 Å². The Kier molecular flexibility index (Phi) is 6.23. The Labute approximate surface area is 203 Å². The number of aromatic nitrogens is 3. The number of para-hydroxylation sites is 1. The zero-order valence-corrected chi connectivity index (χ0v) is 20.0. The molecule has 0 aliphatic carbocycles. The quantitative estimate of drug-likeness (QED) is 0.546. The number of benzene rings is 1. The zero-order chi connectivity index (χ0) is 24.5. The minimum Gasteiger partial charge on any atom is -0.349 e. The molecule has 0 saturated carbocycles. The van der Waals surface area contributed by atoms with Crippen LogP contribution in [0.15, 0.2) is 42.9 Å². The molecule has 0 saturated heterocycles. The van der Waals surface area contributed by atoms with Gasteiger partial charge in [-0.1, -0.05) is 38.5 Å². The Bertz CT molecular complexity index is 1250. The van der Waals surface area contributed by atoms with Crippen LogP contribution in [0.4, 0.5) is 5.69 Å². The lowest BCUT2D eigenvalue weighted by Crippen LogP contribution is -2.54. The molecule has 35 heavy (non-hydrogen) atoms. The van der Waals surface area contributed by atoms with Crippen LogP contribution in [0, 0.1) is 5.92 Å². The van der Waals surface area contributed by atoms with E-state index in [2.05, 4.69) is 20.6 Å². The third-order valence-electron chi connectivity index (χ3n) is 7.00. The first-order valence-corrected chi connectivity index (χ1v) is 12.2. The SMILES string of the molecule is CCC(C)CC(=O)NC1CCc2cccc3c2N(C1=O)C(C(=O)NCc1cn2cccnc2n1)C3. The van der Waals surface area contributed by atoms with Crippen molar-refractivity contribution in [3.05, 3.63) is 59.7 Å². The molecule has 182 valence electrons. The molecule has 1 aromatic carbocycles. The van der Waals surface area contributed by atoms with Gasteiger partial charge < -0.3 is 10.6 Å². The highest BCUT2D eigenvalue weighted by Crippen LogP contribution is 2.39. The van der Waals surface area contributed by atoms with Crippen LogP contribution >= 0.6 is 0 Å². The second kappa shape index (κ2) is 9.48. The summed E-state index contributed by atoms with van der Waals surface area (Å²) < 4.78 is 1.80. The molecule has 5 rings (SSSR count). The number of fused-ring (bicyclic) bond motifs is 1. The van der Waals surface area contributed by atoms with Crippen molar-refractivity contribution < 1.29 is 14.4 Å². The lowest BCUT2D eigenvalue weighted by Gasteiger charge is -2.28. The molecule has 2 aliphatic rings. The van der Waals surface area contributed by atoms with Crippen molar-refractivity contribution >= 4 is 29.2 Å². The smallest absolute Gasteiger partial charge is 0.250 e. The summed E-state index contributed by atoms with van der Waals surface area (Å²) in [5, 5.41) is 5.90. The Morgan fingerprint density at radius 2 is 2.06 bits per heavy atom. The standard InChI is InChI=1S/C26H30N6O3/c1-3-16(2)12-22(33)30-20-9-8-17-6-4-7-18-13-21(32(23(17)18)25(20)35)24(34)28-14-19-15-31-11-5-10-27-26(31)29-19/h4-7,10-11,15-16,20-21H,3,8-9,12-14H2,1-2H3,(H,28,34)(H,30,33). The van der Waals surface area contributed by atoms with Crippen molar-refractivity contribution in [2.45, 2.75) is 64.6 Å². The van der Waals surface area contributed by atoms with Gasteiger partial charge in [0, 0.05) is 31.4 Å². The first-order chi connectivity index (χ1) is 16.9. The van der Waals surface area contributed by atoms with Gasteiger partial charge in [-0.3, -0.25) is 23.7 Å². The van der Waals surface area contributed by atoms with Gasteiger partial charge in [0.15, 0.2) is 0 Å². The molecular weight excluding hydrogens is 444 g/mol. The van der Waals surface area contributed by atoms with Crippen LogP contribution in [0.3, 0.4) is 0 Å². The molecule has 0 spiro atoms. The number of hydrogen-bond donors (Lipinski definition) is 2. The van der Waals surface area contributed by atoms with Crippen LogP contribution in [-0.4, -0.2) is 44.2 Å². The van der Waals surface area contributed by atoms with Gasteiger partial charge in [0.1, 0.15) is 12.1 Å². The van der Waals surface area contributed by atoms with Gasteiger partial charge in [0.05, 0.1) is 17.9 Å². The zero-order valence-electron chi connectivity index (χ0n) is 20.0. The number of carbonyl (C=O) groups is 3. The van der Waals surface area contributed by atoms with E-state index in [1.165, 1.54) is 0 Å². The minimum absolute atomic E-state index is 0.121. The van der Waals surface area contributed by atoms with Crippen molar-refractivity contribution in [3.63, 3.8) is 0 Å². The van der Waals surface area contributed by atoms with Crippen LogP contribution in [0.2, 0.25) is 0 Å². The van der Waals surface area contributed by atoms with Crippen LogP contribution < -0.4 is 15.5 Å². The number of anilines is 1. The number of imidazole rings is 1. The fourth-order valence-corrected chi connectivity index (χ4v) is 4.95. The highest BCUT2D eigenvalue weighted by Gasteiger charge is 2.43. The molecule has 2 aliphatic heterocycles. The molecule has 2 N–H and O–H groups in total. The lowest BCUT2D eigenvalue weighted by atomic mass is 10.0. The van der Waals surface area contributed by atoms with Gasteiger partial charge in [-0.05, 0) is 36.0 Å². The van der Waals surface area contributed by atoms with Gasteiger partial charge in [0.25, 0.3) is 0 Å². The van der Waals surface area contributed by atoms with Crippen molar-refractivity contribution in [1.82, 2.24) is 25.0 Å². The van der Waals surface area contributed by atoms with E-state index < -0.39 is 12.1 Å². The van der Waals surface area contributed by atoms with E-state index in [4.69, 9.17) is 0 Å². The summed E-state index contributed by atoms with van der Waals surface area (Å²) in [6.07, 6.45) is 8.25. The van der Waals surface area contributed by atoms with E-state index in [-0.39, 0.29) is 30.2 Å². The number of carbonyl (C=O) groups excluding carboxylic acids is 3. The molecule has 3 atom stereocenters. The summed E-state index contributed by atoms with van der Waals surface area (Å²) in [5.74, 6) is 0.234. The molecule has 4 heterocycles. The van der Waals surface area contributed by atoms with Crippen LogP contribution in [0.25, 0.3) is 5.78 Å². The molecule has 3 amide bonds. The molecule has 0 bridgehead atoms. The minimum atomic E-state index is -0.666. The molecule has 9 heteroatoms. The van der Waals surface area contributed by atoms with E-state index in [1.807, 2.05) is 50.5 Å². The van der Waals surface area contributed by atoms with Gasteiger partial charge in [-0.15, -0.1) is 0 Å². The maximum atomic E-state index is 13.7. The maximum Gasteiger partial charge on any atom is 0.250 e. The fourth-order valence-electron chi connectivity index (χ4n) is 4.95. The van der Waals surface area contributed by atoms with Crippen molar-refractivity contribution in [1.29, 1.82) is 0 Å². The Balaban J connectivity index is 1.34.